The second-order valence-electron chi connectivity index (χ2n) is 3.99. The lowest BCUT2D eigenvalue weighted by atomic mass is 10.2. The minimum Gasteiger partial charge on any atom is -0.316 e. The van der Waals surface area contributed by atoms with E-state index in [2.05, 4.69) is 47.6 Å². The zero-order valence-corrected chi connectivity index (χ0v) is 11.2. The van der Waals surface area contributed by atoms with E-state index < -0.39 is 0 Å². The lowest BCUT2D eigenvalue weighted by Gasteiger charge is -2.15. The van der Waals surface area contributed by atoms with Gasteiger partial charge in [0.25, 0.3) is 0 Å². The van der Waals surface area contributed by atoms with Crippen molar-refractivity contribution in [3.8, 4) is 0 Å². The van der Waals surface area contributed by atoms with Crippen molar-refractivity contribution >= 4 is 24.8 Å². The number of nitrogens with zero attached hydrogens (tertiary/aromatic N) is 1. The third-order valence-corrected chi connectivity index (χ3v) is 2.93. The van der Waals surface area contributed by atoms with Crippen LogP contribution in [0, 0.1) is 0 Å². The van der Waals surface area contributed by atoms with Gasteiger partial charge in [-0.2, -0.15) is 0 Å². The van der Waals surface area contributed by atoms with Crippen LogP contribution in [-0.2, 0) is 6.54 Å². The Labute approximate surface area is 110 Å². The maximum Gasteiger partial charge on any atom is 0.0234 e. The van der Waals surface area contributed by atoms with Gasteiger partial charge in [0.1, 0.15) is 0 Å². The maximum atomic E-state index is 3.34. The molecular weight excluding hydrogens is 243 g/mol. The molecule has 1 fully saturated rings. The molecule has 0 saturated carbocycles. The highest BCUT2D eigenvalue weighted by atomic mass is 35.5. The van der Waals surface area contributed by atoms with Gasteiger partial charge in [-0.3, -0.25) is 4.90 Å². The zero-order chi connectivity index (χ0) is 9.80. The van der Waals surface area contributed by atoms with Crippen LogP contribution in [0.25, 0.3) is 0 Å². The standard InChI is InChI=1S/C12H18N2.2ClH/c1-13-12-7-8-14(10-12)9-11-5-3-2-4-6-11;;/h2-6,12-13H,7-10H2,1H3;2*1H/t12-;;/m1../s1. The molecule has 1 aromatic carbocycles. The average Bonchev–Trinajstić information content (AvgIpc) is 2.67. The summed E-state index contributed by atoms with van der Waals surface area (Å²) in [6, 6.07) is 11.4. The highest BCUT2D eigenvalue weighted by Crippen LogP contribution is 2.12. The molecule has 0 aliphatic carbocycles. The molecule has 0 aromatic heterocycles. The van der Waals surface area contributed by atoms with E-state index >= 15 is 0 Å². The Hall–Kier alpha value is -0.280. The predicted molar refractivity (Wildman–Crippen MR) is 73.7 cm³/mol. The molecule has 1 aliphatic rings. The van der Waals surface area contributed by atoms with E-state index in [-0.39, 0.29) is 24.8 Å². The molecule has 2 nitrogen and oxygen atoms in total. The molecule has 92 valence electrons. The summed E-state index contributed by atoms with van der Waals surface area (Å²) in [5.74, 6) is 0. The van der Waals surface area contributed by atoms with Gasteiger partial charge >= 0.3 is 0 Å². The third kappa shape index (κ3) is 4.30. The summed E-state index contributed by atoms with van der Waals surface area (Å²) in [5.41, 5.74) is 1.42. The summed E-state index contributed by atoms with van der Waals surface area (Å²) in [6.07, 6.45) is 1.28. The molecule has 2 rings (SSSR count). The second-order valence-corrected chi connectivity index (χ2v) is 3.99. The number of likely N-dealkylation sites (tertiary alicyclic amines) is 1. The van der Waals surface area contributed by atoms with E-state index in [0.717, 1.165) is 6.54 Å². The van der Waals surface area contributed by atoms with Gasteiger partial charge in [-0.25, -0.2) is 0 Å². The largest absolute Gasteiger partial charge is 0.316 e. The first-order valence-corrected chi connectivity index (χ1v) is 5.32. The summed E-state index contributed by atoms with van der Waals surface area (Å²) in [6.45, 7) is 3.50. The van der Waals surface area contributed by atoms with Crippen molar-refractivity contribution in [3.05, 3.63) is 35.9 Å². The van der Waals surface area contributed by atoms with Crippen LogP contribution in [0.3, 0.4) is 0 Å². The van der Waals surface area contributed by atoms with E-state index in [0.29, 0.717) is 6.04 Å². The van der Waals surface area contributed by atoms with Crippen LogP contribution in [0.5, 0.6) is 0 Å². The van der Waals surface area contributed by atoms with E-state index in [1.807, 2.05) is 0 Å². The lowest BCUT2D eigenvalue weighted by Crippen LogP contribution is -2.29. The number of benzene rings is 1. The summed E-state index contributed by atoms with van der Waals surface area (Å²) in [7, 11) is 2.05. The first kappa shape index (κ1) is 15.7. The average molecular weight is 263 g/mol. The van der Waals surface area contributed by atoms with Crippen LogP contribution in [0.4, 0.5) is 0 Å². The highest BCUT2D eigenvalue weighted by Gasteiger charge is 2.20. The molecule has 4 heteroatoms. The highest BCUT2D eigenvalue weighted by molar-refractivity contribution is 5.85. The van der Waals surface area contributed by atoms with Gasteiger partial charge in [0, 0.05) is 25.7 Å². The molecule has 0 amide bonds. The fourth-order valence-corrected chi connectivity index (χ4v) is 2.05. The second kappa shape index (κ2) is 7.91. The summed E-state index contributed by atoms with van der Waals surface area (Å²) >= 11 is 0. The van der Waals surface area contributed by atoms with E-state index in [4.69, 9.17) is 0 Å². The number of halogens is 2. The topological polar surface area (TPSA) is 15.3 Å². The van der Waals surface area contributed by atoms with Crippen molar-refractivity contribution in [3.63, 3.8) is 0 Å². The fourth-order valence-electron chi connectivity index (χ4n) is 2.05. The molecule has 0 unspecified atom stereocenters. The number of likely N-dealkylation sites (N-methyl/N-ethyl adjacent to an activating group) is 1. The van der Waals surface area contributed by atoms with Gasteiger partial charge in [-0.05, 0) is 19.0 Å². The number of hydrogen-bond acceptors (Lipinski definition) is 2. The lowest BCUT2D eigenvalue weighted by molar-refractivity contribution is 0.322. The van der Waals surface area contributed by atoms with Gasteiger partial charge in [0.05, 0.1) is 0 Å². The minimum absolute atomic E-state index is 0. The van der Waals surface area contributed by atoms with Gasteiger partial charge in [-0.15, -0.1) is 24.8 Å². The Morgan fingerprint density at radius 1 is 1.25 bits per heavy atom. The van der Waals surface area contributed by atoms with E-state index in [1.165, 1.54) is 25.1 Å². The Morgan fingerprint density at radius 3 is 2.50 bits per heavy atom. The first-order valence-electron chi connectivity index (χ1n) is 5.32. The SMILES string of the molecule is CN[C@@H]1CCN(Cc2ccccc2)C1.Cl.Cl. The fraction of sp³-hybridized carbons (Fsp3) is 0.500. The summed E-state index contributed by atoms with van der Waals surface area (Å²) in [5, 5.41) is 3.34. The Morgan fingerprint density at radius 2 is 1.94 bits per heavy atom. The van der Waals surface area contributed by atoms with E-state index in [9.17, 15) is 0 Å². The molecule has 0 spiro atoms. The predicted octanol–water partition coefficient (Wildman–Crippen LogP) is 2.32. The molecule has 1 N–H and O–H groups in total. The number of hydrogen-bond donors (Lipinski definition) is 1. The van der Waals surface area contributed by atoms with Crippen molar-refractivity contribution < 1.29 is 0 Å². The van der Waals surface area contributed by atoms with Crippen LogP contribution < -0.4 is 5.32 Å². The first-order chi connectivity index (χ1) is 6.88. The van der Waals surface area contributed by atoms with Crippen LogP contribution in [0.15, 0.2) is 30.3 Å². The third-order valence-electron chi connectivity index (χ3n) is 2.93. The molecule has 0 bridgehead atoms. The molecule has 16 heavy (non-hydrogen) atoms. The van der Waals surface area contributed by atoms with Crippen molar-refractivity contribution in [1.29, 1.82) is 0 Å². The smallest absolute Gasteiger partial charge is 0.0234 e. The normalized spacial score (nSPS) is 19.9. The van der Waals surface area contributed by atoms with Gasteiger partial charge in [0.2, 0.25) is 0 Å². The zero-order valence-electron chi connectivity index (χ0n) is 9.56. The van der Waals surface area contributed by atoms with Crippen LogP contribution >= 0.6 is 24.8 Å². The number of rotatable bonds is 3. The maximum absolute atomic E-state index is 3.34. The Balaban J connectivity index is 0.00000112. The molecule has 1 saturated heterocycles. The van der Waals surface area contributed by atoms with Crippen molar-refractivity contribution in [1.82, 2.24) is 10.2 Å². The van der Waals surface area contributed by atoms with Crippen LogP contribution in [-0.4, -0.2) is 31.1 Å². The van der Waals surface area contributed by atoms with E-state index in [1.54, 1.807) is 0 Å². The van der Waals surface area contributed by atoms with Crippen molar-refractivity contribution in [2.75, 3.05) is 20.1 Å². The molecule has 1 aliphatic heterocycles. The van der Waals surface area contributed by atoms with Crippen molar-refractivity contribution in [2.24, 2.45) is 0 Å². The van der Waals surface area contributed by atoms with Crippen LogP contribution in [0.2, 0.25) is 0 Å². The van der Waals surface area contributed by atoms with Gasteiger partial charge in [0.15, 0.2) is 0 Å². The molecule has 1 heterocycles. The quantitative estimate of drug-likeness (QED) is 0.900. The molecule has 1 aromatic rings. The van der Waals surface area contributed by atoms with Crippen LogP contribution in [0.1, 0.15) is 12.0 Å². The summed E-state index contributed by atoms with van der Waals surface area (Å²) < 4.78 is 0. The Kier molecular flexibility index (Phi) is 7.77. The number of nitrogens with one attached hydrogen (secondary N) is 1. The molecule has 0 radical (unpaired) electrons. The summed E-state index contributed by atoms with van der Waals surface area (Å²) in [4.78, 5) is 2.51. The van der Waals surface area contributed by atoms with Gasteiger partial charge < -0.3 is 5.32 Å². The molecule has 1 atom stereocenters. The monoisotopic (exact) mass is 262 g/mol. The minimum atomic E-state index is 0. The Bertz CT molecular complexity index is 280. The van der Waals surface area contributed by atoms with Gasteiger partial charge in [-0.1, -0.05) is 30.3 Å². The molecular formula is C12H20Cl2N2. The van der Waals surface area contributed by atoms with Crippen molar-refractivity contribution in [2.45, 2.75) is 19.0 Å².